The molecule has 0 bridgehead atoms. The van der Waals surface area contributed by atoms with Gasteiger partial charge in [-0.2, -0.15) is 0 Å². The Morgan fingerprint density at radius 2 is 1.59 bits per heavy atom. The van der Waals surface area contributed by atoms with Crippen molar-refractivity contribution < 1.29 is 9.59 Å². The first kappa shape index (κ1) is 18.9. The van der Waals surface area contributed by atoms with E-state index in [1.807, 2.05) is 49.4 Å². The summed E-state index contributed by atoms with van der Waals surface area (Å²) in [6, 6.07) is 17.0. The maximum Gasteiger partial charge on any atom is 0.268 e. The second kappa shape index (κ2) is 9.17. The quantitative estimate of drug-likeness (QED) is 0.783. The number of hydrogen-bond donors (Lipinski definition) is 2. The van der Waals surface area contributed by atoms with Crippen molar-refractivity contribution in [1.29, 1.82) is 0 Å². The maximum absolute atomic E-state index is 12.8. The van der Waals surface area contributed by atoms with E-state index in [4.69, 9.17) is 0 Å². The van der Waals surface area contributed by atoms with Gasteiger partial charge in [0.1, 0.15) is 5.70 Å². The van der Waals surface area contributed by atoms with E-state index in [0.717, 1.165) is 36.8 Å². The van der Waals surface area contributed by atoms with Gasteiger partial charge in [-0.25, -0.2) is 0 Å². The number of amides is 2. The zero-order valence-electron chi connectivity index (χ0n) is 15.7. The van der Waals surface area contributed by atoms with Crippen molar-refractivity contribution in [2.75, 3.05) is 0 Å². The smallest absolute Gasteiger partial charge is 0.268 e. The van der Waals surface area contributed by atoms with Crippen LogP contribution in [0.15, 0.2) is 60.3 Å². The summed E-state index contributed by atoms with van der Waals surface area (Å²) in [6.45, 7) is 1.97. The highest BCUT2D eigenvalue weighted by Crippen LogP contribution is 2.18. The standard InChI is InChI=1S/C23H26N2O2/c1-17-12-14-19(15-13-17)22(26)25-21(16-18-8-4-2-5-9-18)23(27)24-20-10-6-3-7-11-20/h2,4-5,8-9,12-16,20H,3,6-7,10-11H2,1H3,(H,24,27)(H,25,26). The van der Waals surface area contributed by atoms with Crippen LogP contribution in [0.5, 0.6) is 0 Å². The second-order valence-electron chi connectivity index (χ2n) is 7.10. The molecule has 1 fully saturated rings. The largest absolute Gasteiger partial charge is 0.348 e. The van der Waals surface area contributed by atoms with Gasteiger partial charge in [0.2, 0.25) is 0 Å². The molecule has 0 aromatic heterocycles. The molecule has 1 aliphatic rings. The van der Waals surface area contributed by atoms with Crippen LogP contribution in [0.4, 0.5) is 0 Å². The molecule has 2 aromatic rings. The molecular formula is C23H26N2O2. The number of hydrogen-bond acceptors (Lipinski definition) is 2. The molecular weight excluding hydrogens is 336 g/mol. The Balaban J connectivity index is 1.78. The highest BCUT2D eigenvalue weighted by Gasteiger charge is 2.20. The Labute approximate surface area is 160 Å². The molecule has 0 spiro atoms. The van der Waals surface area contributed by atoms with E-state index in [1.54, 1.807) is 18.2 Å². The number of nitrogens with one attached hydrogen (secondary N) is 2. The van der Waals surface area contributed by atoms with Gasteiger partial charge < -0.3 is 10.6 Å². The third-order valence-corrected chi connectivity index (χ3v) is 4.86. The Hall–Kier alpha value is -2.88. The Morgan fingerprint density at radius 1 is 0.926 bits per heavy atom. The first-order chi connectivity index (χ1) is 13.1. The molecule has 0 radical (unpaired) electrons. The van der Waals surface area contributed by atoms with Crippen molar-refractivity contribution >= 4 is 17.9 Å². The van der Waals surface area contributed by atoms with Gasteiger partial charge in [0.05, 0.1) is 0 Å². The van der Waals surface area contributed by atoms with E-state index in [9.17, 15) is 9.59 Å². The van der Waals surface area contributed by atoms with Gasteiger partial charge in [0, 0.05) is 11.6 Å². The van der Waals surface area contributed by atoms with Gasteiger partial charge in [-0.1, -0.05) is 67.3 Å². The number of aryl methyl sites for hydroxylation is 1. The van der Waals surface area contributed by atoms with Crippen LogP contribution in [0, 0.1) is 6.92 Å². The van der Waals surface area contributed by atoms with Crippen molar-refractivity contribution in [2.45, 2.75) is 45.1 Å². The highest BCUT2D eigenvalue weighted by molar-refractivity contribution is 6.05. The van der Waals surface area contributed by atoms with E-state index in [-0.39, 0.29) is 23.6 Å². The van der Waals surface area contributed by atoms with Crippen LogP contribution in [-0.2, 0) is 4.79 Å². The predicted octanol–water partition coefficient (Wildman–Crippen LogP) is 4.21. The molecule has 0 saturated heterocycles. The molecule has 4 heteroatoms. The van der Waals surface area contributed by atoms with Crippen LogP contribution in [0.25, 0.3) is 6.08 Å². The average Bonchev–Trinajstić information content (AvgIpc) is 2.69. The summed E-state index contributed by atoms with van der Waals surface area (Å²) >= 11 is 0. The van der Waals surface area contributed by atoms with Crippen LogP contribution in [0.3, 0.4) is 0 Å². The van der Waals surface area contributed by atoms with Gasteiger partial charge in [0.25, 0.3) is 11.8 Å². The summed E-state index contributed by atoms with van der Waals surface area (Å²) in [6.07, 6.45) is 7.22. The lowest BCUT2D eigenvalue weighted by Crippen LogP contribution is -2.41. The average molecular weight is 362 g/mol. The molecule has 4 nitrogen and oxygen atoms in total. The van der Waals surface area contributed by atoms with Crippen LogP contribution >= 0.6 is 0 Å². The summed E-state index contributed by atoms with van der Waals surface area (Å²) in [5.41, 5.74) is 2.76. The molecule has 27 heavy (non-hydrogen) atoms. The van der Waals surface area contributed by atoms with Crippen LogP contribution in [0.1, 0.15) is 53.6 Å². The van der Waals surface area contributed by atoms with Crippen molar-refractivity contribution in [3.8, 4) is 0 Å². The SMILES string of the molecule is Cc1ccc(C(=O)NC(=Cc2ccccc2)C(=O)NC2CCCCC2)cc1. The fourth-order valence-corrected chi connectivity index (χ4v) is 3.28. The molecule has 140 valence electrons. The second-order valence-corrected chi connectivity index (χ2v) is 7.10. The van der Waals surface area contributed by atoms with E-state index in [1.165, 1.54) is 6.42 Å². The summed E-state index contributed by atoms with van der Waals surface area (Å²) in [7, 11) is 0. The first-order valence-corrected chi connectivity index (χ1v) is 9.57. The predicted molar refractivity (Wildman–Crippen MR) is 108 cm³/mol. The minimum Gasteiger partial charge on any atom is -0.348 e. The minimum atomic E-state index is -0.282. The zero-order valence-corrected chi connectivity index (χ0v) is 15.7. The zero-order chi connectivity index (χ0) is 19.1. The summed E-state index contributed by atoms with van der Waals surface area (Å²) in [5.74, 6) is -0.512. The van der Waals surface area contributed by atoms with E-state index >= 15 is 0 Å². The third-order valence-electron chi connectivity index (χ3n) is 4.86. The minimum absolute atomic E-state index is 0.182. The Morgan fingerprint density at radius 3 is 2.26 bits per heavy atom. The van der Waals surface area contributed by atoms with Crippen molar-refractivity contribution in [3.63, 3.8) is 0 Å². The van der Waals surface area contributed by atoms with E-state index in [0.29, 0.717) is 5.56 Å². The molecule has 3 rings (SSSR count). The molecule has 1 aliphatic carbocycles. The number of benzene rings is 2. The van der Waals surface area contributed by atoms with Crippen molar-refractivity contribution in [2.24, 2.45) is 0 Å². The monoisotopic (exact) mass is 362 g/mol. The van der Waals surface area contributed by atoms with Crippen molar-refractivity contribution in [3.05, 3.63) is 77.0 Å². The summed E-state index contributed by atoms with van der Waals surface area (Å²) in [4.78, 5) is 25.5. The van der Waals surface area contributed by atoms with Gasteiger partial charge in [-0.3, -0.25) is 9.59 Å². The van der Waals surface area contributed by atoms with Gasteiger partial charge in [-0.15, -0.1) is 0 Å². The molecule has 2 amide bonds. The molecule has 1 saturated carbocycles. The van der Waals surface area contributed by atoms with Gasteiger partial charge in [-0.05, 0) is 43.5 Å². The highest BCUT2D eigenvalue weighted by atomic mass is 16.2. The Kier molecular flexibility index (Phi) is 6.42. The lowest BCUT2D eigenvalue weighted by Gasteiger charge is -2.23. The molecule has 0 atom stereocenters. The number of carbonyl (C=O) groups is 2. The van der Waals surface area contributed by atoms with Crippen LogP contribution < -0.4 is 10.6 Å². The fraction of sp³-hybridized carbons (Fsp3) is 0.304. The van der Waals surface area contributed by atoms with Crippen LogP contribution in [-0.4, -0.2) is 17.9 Å². The molecule has 0 heterocycles. The number of carbonyl (C=O) groups excluding carboxylic acids is 2. The lowest BCUT2D eigenvalue weighted by atomic mass is 9.95. The van der Waals surface area contributed by atoms with E-state index < -0.39 is 0 Å². The molecule has 0 aliphatic heterocycles. The third kappa shape index (κ3) is 5.55. The van der Waals surface area contributed by atoms with Crippen LogP contribution in [0.2, 0.25) is 0 Å². The molecule has 0 unspecified atom stereocenters. The van der Waals surface area contributed by atoms with Gasteiger partial charge >= 0.3 is 0 Å². The molecule has 2 aromatic carbocycles. The summed E-state index contributed by atoms with van der Waals surface area (Å²) in [5, 5.41) is 5.88. The topological polar surface area (TPSA) is 58.2 Å². The Bertz CT molecular complexity index is 804. The van der Waals surface area contributed by atoms with E-state index in [2.05, 4.69) is 10.6 Å². The first-order valence-electron chi connectivity index (χ1n) is 9.57. The molecule has 2 N–H and O–H groups in total. The number of rotatable bonds is 5. The lowest BCUT2D eigenvalue weighted by molar-refractivity contribution is -0.118. The van der Waals surface area contributed by atoms with Crippen molar-refractivity contribution in [1.82, 2.24) is 10.6 Å². The van der Waals surface area contributed by atoms with Gasteiger partial charge in [0.15, 0.2) is 0 Å². The summed E-state index contributed by atoms with van der Waals surface area (Å²) < 4.78 is 0. The fourth-order valence-electron chi connectivity index (χ4n) is 3.28. The maximum atomic E-state index is 12.8. The normalized spacial score (nSPS) is 15.2.